The number of amides is 1. The van der Waals surface area contributed by atoms with Crippen molar-refractivity contribution >= 4 is 22.6 Å². The number of carbonyl (C=O) groups excluding carboxylic acids is 1. The van der Waals surface area contributed by atoms with Crippen molar-refractivity contribution < 1.29 is 14.3 Å². The number of carbonyl (C=O) groups is 1. The van der Waals surface area contributed by atoms with Crippen molar-refractivity contribution in [2.75, 3.05) is 32.2 Å². The minimum absolute atomic E-state index is 0.0783. The molecule has 1 aromatic carbocycles. The van der Waals surface area contributed by atoms with Crippen LogP contribution in [0.2, 0.25) is 0 Å². The quantitative estimate of drug-likeness (QED) is 0.429. The van der Waals surface area contributed by atoms with Crippen LogP contribution in [-0.4, -0.2) is 62.1 Å². The van der Waals surface area contributed by atoms with Crippen LogP contribution >= 0.6 is 0 Å². The second kappa shape index (κ2) is 11.4. The third-order valence-corrected chi connectivity index (χ3v) is 5.66. The molecule has 1 aliphatic rings. The van der Waals surface area contributed by atoms with E-state index in [2.05, 4.69) is 22.9 Å². The summed E-state index contributed by atoms with van der Waals surface area (Å²) in [5.74, 6) is 0.275. The second-order valence-corrected chi connectivity index (χ2v) is 8.06. The van der Waals surface area contributed by atoms with E-state index < -0.39 is 6.17 Å². The molecule has 0 aliphatic carbocycles. The fraction of sp³-hybridized carbons (Fsp3) is 0.565. The number of rotatable bonds is 10. The lowest BCUT2D eigenvalue weighted by molar-refractivity contribution is 0.0462. The minimum atomic E-state index is -0.452. The fourth-order valence-electron chi connectivity index (χ4n) is 3.95. The van der Waals surface area contributed by atoms with E-state index in [1.807, 2.05) is 30.3 Å². The lowest BCUT2D eigenvalue weighted by Crippen LogP contribution is -2.50. The van der Waals surface area contributed by atoms with E-state index in [4.69, 9.17) is 20.2 Å². The third kappa shape index (κ3) is 6.36. The van der Waals surface area contributed by atoms with Crippen LogP contribution in [0, 0.1) is 0 Å². The predicted molar refractivity (Wildman–Crippen MR) is 123 cm³/mol. The average Bonchev–Trinajstić information content (AvgIpc) is 2.78. The number of aromatic nitrogens is 1. The number of methoxy groups -OCH3 is 1. The Hall–Kier alpha value is -2.26. The van der Waals surface area contributed by atoms with E-state index in [0.717, 1.165) is 43.4 Å². The lowest BCUT2D eigenvalue weighted by atomic mass is 10.0. The number of anilines is 1. The molecule has 5 N–H and O–H groups in total. The summed E-state index contributed by atoms with van der Waals surface area (Å²) >= 11 is 0. The summed E-state index contributed by atoms with van der Waals surface area (Å²) in [6.45, 7) is 5.99. The highest BCUT2D eigenvalue weighted by molar-refractivity contribution is 6.02. The SMILES string of the molecule is CCC(NC1CCOCC1)C(CNc1nc2ccccc2cc1C(=O)NC(C)N)OC. The van der Waals surface area contributed by atoms with Crippen molar-refractivity contribution in [3.8, 4) is 0 Å². The molecule has 3 rings (SSSR count). The monoisotopic (exact) mass is 429 g/mol. The van der Waals surface area contributed by atoms with Crippen LogP contribution in [0.5, 0.6) is 0 Å². The van der Waals surface area contributed by atoms with Crippen LogP contribution in [0.4, 0.5) is 5.82 Å². The number of para-hydroxylation sites is 1. The van der Waals surface area contributed by atoms with Gasteiger partial charge in [-0.2, -0.15) is 0 Å². The summed E-state index contributed by atoms with van der Waals surface area (Å²) in [7, 11) is 1.72. The molecule has 8 heteroatoms. The summed E-state index contributed by atoms with van der Waals surface area (Å²) in [5, 5.41) is 10.7. The smallest absolute Gasteiger partial charge is 0.256 e. The van der Waals surface area contributed by atoms with E-state index in [1.54, 1.807) is 14.0 Å². The molecule has 1 amide bonds. The van der Waals surface area contributed by atoms with Crippen LogP contribution in [0.1, 0.15) is 43.5 Å². The molecule has 0 spiro atoms. The number of benzene rings is 1. The normalized spacial score (nSPS) is 17.8. The maximum Gasteiger partial charge on any atom is 0.256 e. The van der Waals surface area contributed by atoms with Gasteiger partial charge < -0.3 is 31.2 Å². The maximum absolute atomic E-state index is 12.8. The number of nitrogens with zero attached hydrogens (tertiary/aromatic N) is 1. The van der Waals surface area contributed by atoms with E-state index >= 15 is 0 Å². The van der Waals surface area contributed by atoms with Gasteiger partial charge in [0.25, 0.3) is 5.91 Å². The van der Waals surface area contributed by atoms with Gasteiger partial charge in [-0.25, -0.2) is 4.98 Å². The number of hydrogen-bond donors (Lipinski definition) is 4. The molecular formula is C23H35N5O3. The number of hydrogen-bond acceptors (Lipinski definition) is 7. The fourth-order valence-corrected chi connectivity index (χ4v) is 3.95. The topological polar surface area (TPSA) is 111 Å². The Morgan fingerprint density at radius 2 is 2.06 bits per heavy atom. The molecule has 170 valence electrons. The molecule has 8 nitrogen and oxygen atoms in total. The Morgan fingerprint density at radius 1 is 1.32 bits per heavy atom. The number of fused-ring (bicyclic) bond motifs is 1. The van der Waals surface area contributed by atoms with Crippen molar-refractivity contribution in [3.05, 3.63) is 35.9 Å². The summed E-state index contributed by atoms with van der Waals surface area (Å²) in [5.41, 5.74) is 7.07. The number of nitrogens with two attached hydrogens (primary N) is 1. The maximum atomic E-state index is 12.8. The van der Waals surface area contributed by atoms with Crippen LogP contribution in [0.3, 0.4) is 0 Å². The van der Waals surface area contributed by atoms with Crippen molar-refractivity contribution in [2.24, 2.45) is 5.73 Å². The van der Waals surface area contributed by atoms with Gasteiger partial charge in [0.1, 0.15) is 5.82 Å². The van der Waals surface area contributed by atoms with Crippen molar-refractivity contribution in [1.82, 2.24) is 15.6 Å². The lowest BCUT2D eigenvalue weighted by Gasteiger charge is -2.32. The molecule has 0 bridgehead atoms. The molecule has 0 radical (unpaired) electrons. The molecule has 31 heavy (non-hydrogen) atoms. The molecule has 2 aromatic rings. The van der Waals surface area contributed by atoms with Gasteiger partial charge in [0.15, 0.2) is 0 Å². The molecule has 1 aromatic heterocycles. The molecule has 0 saturated carbocycles. The van der Waals surface area contributed by atoms with Crippen LogP contribution < -0.4 is 21.7 Å². The first-order valence-corrected chi connectivity index (χ1v) is 11.1. The average molecular weight is 430 g/mol. The van der Waals surface area contributed by atoms with Gasteiger partial charge >= 0.3 is 0 Å². The predicted octanol–water partition coefficient (Wildman–Crippen LogP) is 2.24. The Kier molecular flexibility index (Phi) is 8.60. The number of ether oxygens (including phenoxy) is 2. The zero-order valence-corrected chi connectivity index (χ0v) is 18.7. The van der Waals surface area contributed by atoms with E-state index in [1.165, 1.54) is 0 Å². The first-order valence-electron chi connectivity index (χ1n) is 11.1. The van der Waals surface area contributed by atoms with E-state index in [9.17, 15) is 4.79 Å². The second-order valence-electron chi connectivity index (χ2n) is 8.06. The molecular weight excluding hydrogens is 394 g/mol. The Bertz CT molecular complexity index is 854. The zero-order chi connectivity index (χ0) is 22.2. The number of nitrogens with one attached hydrogen (secondary N) is 3. The largest absolute Gasteiger partial charge is 0.381 e. The van der Waals surface area contributed by atoms with E-state index in [-0.39, 0.29) is 18.1 Å². The van der Waals surface area contributed by atoms with Crippen LogP contribution in [-0.2, 0) is 9.47 Å². The highest BCUT2D eigenvalue weighted by atomic mass is 16.5. The van der Waals surface area contributed by atoms with Gasteiger partial charge in [-0.15, -0.1) is 0 Å². The van der Waals surface area contributed by atoms with Crippen molar-refractivity contribution in [2.45, 2.75) is 57.5 Å². The van der Waals surface area contributed by atoms with E-state index in [0.29, 0.717) is 24.0 Å². The van der Waals surface area contributed by atoms with Gasteiger partial charge in [-0.1, -0.05) is 25.1 Å². The summed E-state index contributed by atoms with van der Waals surface area (Å²) in [4.78, 5) is 17.5. The number of pyridine rings is 1. The summed E-state index contributed by atoms with van der Waals surface area (Å²) in [6, 6.07) is 10.2. The highest BCUT2D eigenvalue weighted by Gasteiger charge is 2.25. The molecule has 3 atom stereocenters. The molecule has 3 unspecified atom stereocenters. The first kappa shape index (κ1) is 23.4. The Labute approximate surface area is 184 Å². The Morgan fingerprint density at radius 3 is 2.74 bits per heavy atom. The zero-order valence-electron chi connectivity index (χ0n) is 18.7. The molecule has 1 fully saturated rings. The minimum Gasteiger partial charge on any atom is -0.381 e. The van der Waals surface area contributed by atoms with Gasteiger partial charge in [0, 0.05) is 44.3 Å². The first-order chi connectivity index (χ1) is 15.0. The van der Waals surface area contributed by atoms with Gasteiger partial charge in [0.2, 0.25) is 0 Å². The molecule has 2 heterocycles. The van der Waals surface area contributed by atoms with Gasteiger partial charge in [0.05, 0.1) is 23.3 Å². The van der Waals surface area contributed by atoms with Crippen molar-refractivity contribution in [3.63, 3.8) is 0 Å². The summed E-state index contributed by atoms with van der Waals surface area (Å²) in [6.07, 6.45) is 2.42. The summed E-state index contributed by atoms with van der Waals surface area (Å²) < 4.78 is 11.3. The molecule has 1 saturated heterocycles. The van der Waals surface area contributed by atoms with Crippen LogP contribution in [0.25, 0.3) is 10.9 Å². The third-order valence-electron chi connectivity index (χ3n) is 5.66. The standard InChI is InChI=1S/C23H35N5O3/c1-4-19(27-17-9-11-31-12-10-17)21(30-3)14-25-22-18(23(29)26-15(2)24)13-16-7-5-6-8-20(16)28-22/h5-8,13,15,17,19,21,27H,4,9-12,14,24H2,1-3H3,(H,25,28)(H,26,29). The Balaban J connectivity index is 1.77. The molecule has 1 aliphatic heterocycles. The van der Waals surface area contributed by atoms with Gasteiger partial charge in [-0.05, 0) is 38.3 Å². The van der Waals surface area contributed by atoms with Gasteiger partial charge in [-0.3, -0.25) is 4.79 Å². The van der Waals surface area contributed by atoms with Crippen molar-refractivity contribution in [1.29, 1.82) is 0 Å². The highest BCUT2D eigenvalue weighted by Crippen LogP contribution is 2.21. The van der Waals surface area contributed by atoms with Crippen LogP contribution in [0.15, 0.2) is 30.3 Å².